The van der Waals surface area contributed by atoms with Crippen LogP contribution in [0, 0.1) is 5.92 Å². The topological polar surface area (TPSA) is 61.4 Å². The van der Waals surface area contributed by atoms with Crippen molar-refractivity contribution in [3.8, 4) is 5.75 Å². The molecule has 0 amide bonds. The van der Waals surface area contributed by atoms with E-state index >= 15 is 0 Å². The van der Waals surface area contributed by atoms with E-state index in [9.17, 15) is 0 Å². The van der Waals surface area contributed by atoms with Gasteiger partial charge in [0.2, 0.25) is 0 Å². The number of anilines is 1. The van der Waals surface area contributed by atoms with Crippen LogP contribution in [0.2, 0.25) is 0 Å². The highest BCUT2D eigenvalue weighted by molar-refractivity contribution is 14.0. The van der Waals surface area contributed by atoms with Gasteiger partial charge in [-0.15, -0.1) is 24.0 Å². The number of aliphatic imine (C=N–C) groups is 1. The maximum absolute atomic E-state index is 5.45. The minimum absolute atomic E-state index is 0. The Kier molecular flexibility index (Phi) is 11.7. The molecule has 2 saturated heterocycles. The van der Waals surface area contributed by atoms with Crippen molar-refractivity contribution in [1.82, 2.24) is 15.5 Å². The van der Waals surface area contributed by atoms with Crippen LogP contribution in [0.3, 0.4) is 0 Å². The molecule has 0 aliphatic carbocycles. The largest absolute Gasteiger partial charge is 0.497 e. The first-order chi connectivity index (χ1) is 14.7. The van der Waals surface area contributed by atoms with E-state index in [-0.39, 0.29) is 24.0 Å². The van der Waals surface area contributed by atoms with Crippen LogP contribution < -0.4 is 20.3 Å². The number of ether oxygens (including phenoxy) is 2. The van der Waals surface area contributed by atoms with E-state index in [4.69, 9.17) is 14.5 Å². The lowest BCUT2D eigenvalue weighted by Crippen LogP contribution is -2.51. The van der Waals surface area contributed by atoms with Gasteiger partial charge in [-0.25, -0.2) is 0 Å². The summed E-state index contributed by atoms with van der Waals surface area (Å²) in [5, 5.41) is 7.11. The average Bonchev–Trinajstić information content (AvgIpc) is 2.78. The Bertz CT molecular complexity index is 669. The van der Waals surface area contributed by atoms with E-state index in [1.54, 1.807) is 7.11 Å². The average molecular weight is 546 g/mol. The van der Waals surface area contributed by atoms with Crippen LogP contribution in [0.4, 0.5) is 5.69 Å². The number of nitrogens with one attached hydrogen (secondary N) is 2. The van der Waals surface area contributed by atoms with Gasteiger partial charge in [0.1, 0.15) is 5.75 Å². The van der Waals surface area contributed by atoms with Crippen molar-refractivity contribution in [2.75, 3.05) is 71.0 Å². The van der Waals surface area contributed by atoms with Crippen LogP contribution in [0.1, 0.15) is 26.7 Å². The molecular weight excluding hydrogens is 505 g/mol. The molecule has 2 fully saturated rings. The van der Waals surface area contributed by atoms with Gasteiger partial charge in [0, 0.05) is 63.6 Å². The van der Waals surface area contributed by atoms with Gasteiger partial charge in [-0.1, -0.05) is 13.0 Å². The maximum Gasteiger partial charge on any atom is 0.191 e. The Hall–Kier alpha value is -1.26. The molecule has 1 aromatic carbocycles. The van der Waals surface area contributed by atoms with Crippen molar-refractivity contribution >= 4 is 35.6 Å². The smallest absolute Gasteiger partial charge is 0.191 e. The zero-order chi connectivity index (χ0) is 21.2. The van der Waals surface area contributed by atoms with Gasteiger partial charge in [0.15, 0.2) is 5.96 Å². The third kappa shape index (κ3) is 8.65. The quantitative estimate of drug-likeness (QED) is 0.298. The molecule has 7 nitrogen and oxygen atoms in total. The molecule has 0 radical (unpaired) electrons. The van der Waals surface area contributed by atoms with Crippen LogP contribution in [-0.4, -0.2) is 83.0 Å². The number of halogens is 1. The van der Waals surface area contributed by atoms with E-state index < -0.39 is 0 Å². The van der Waals surface area contributed by atoms with Gasteiger partial charge in [-0.3, -0.25) is 9.89 Å². The van der Waals surface area contributed by atoms with Crippen molar-refractivity contribution < 1.29 is 9.47 Å². The lowest BCUT2D eigenvalue weighted by atomic mass is 10.0. The lowest BCUT2D eigenvalue weighted by Gasteiger charge is -2.35. The van der Waals surface area contributed by atoms with Gasteiger partial charge < -0.3 is 25.0 Å². The number of guanidine groups is 1. The molecule has 2 unspecified atom stereocenters. The molecule has 176 valence electrons. The van der Waals surface area contributed by atoms with Crippen LogP contribution in [0.5, 0.6) is 5.75 Å². The molecule has 0 bridgehead atoms. The second-order valence-corrected chi connectivity index (χ2v) is 8.37. The van der Waals surface area contributed by atoms with Crippen molar-refractivity contribution in [2.45, 2.75) is 32.7 Å². The Morgan fingerprint density at radius 2 is 2.10 bits per heavy atom. The van der Waals surface area contributed by atoms with Crippen molar-refractivity contribution in [1.29, 1.82) is 0 Å². The van der Waals surface area contributed by atoms with Crippen LogP contribution in [-0.2, 0) is 4.74 Å². The second kappa shape index (κ2) is 14.0. The summed E-state index contributed by atoms with van der Waals surface area (Å²) in [6, 6.07) is 8.73. The van der Waals surface area contributed by atoms with Gasteiger partial charge in [-0.05, 0) is 37.8 Å². The summed E-state index contributed by atoms with van der Waals surface area (Å²) in [6.07, 6.45) is 2.33. The number of piperidine rings is 1. The monoisotopic (exact) mass is 545 g/mol. The fraction of sp³-hybridized carbons (Fsp3) is 0.696. The van der Waals surface area contributed by atoms with Gasteiger partial charge >= 0.3 is 0 Å². The Balaban J connectivity index is 0.00000341. The molecule has 31 heavy (non-hydrogen) atoms. The summed E-state index contributed by atoms with van der Waals surface area (Å²) < 4.78 is 10.8. The highest BCUT2D eigenvalue weighted by atomic mass is 127. The summed E-state index contributed by atoms with van der Waals surface area (Å²) in [6.45, 7) is 13.0. The first-order valence-electron chi connectivity index (χ1n) is 11.4. The SMILES string of the molecule is CCNC(=NCC(C)CN1CCOCC1)NC1CCCN(c2cccc(OC)c2)C1.I. The molecule has 0 saturated carbocycles. The van der Waals surface area contributed by atoms with Gasteiger partial charge in [0.25, 0.3) is 0 Å². The van der Waals surface area contributed by atoms with Crippen molar-refractivity contribution in [2.24, 2.45) is 10.9 Å². The minimum Gasteiger partial charge on any atom is -0.497 e. The molecule has 0 aromatic heterocycles. The Morgan fingerprint density at radius 1 is 1.29 bits per heavy atom. The van der Waals surface area contributed by atoms with E-state index in [2.05, 4.69) is 52.5 Å². The highest BCUT2D eigenvalue weighted by Crippen LogP contribution is 2.24. The predicted octanol–water partition coefficient (Wildman–Crippen LogP) is 2.81. The molecule has 2 atom stereocenters. The predicted molar refractivity (Wildman–Crippen MR) is 139 cm³/mol. The molecule has 2 aliphatic heterocycles. The molecule has 1 aromatic rings. The van der Waals surface area contributed by atoms with Gasteiger partial charge in [0.05, 0.1) is 20.3 Å². The number of rotatable bonds is 8. The third-order valence-electron chi connectivity index (χ3n) is 5.76. The first-order valence-corrected chi connectivity index (χ1v) is 11.4. The van der Waals surface area contributed by atoms with Crippen LogP contribution in [0.15, 0.2) is 29.3 Å². The Morgan fingerprint density at radius 3 is 2.84 bits per heavy atom. The fourth-order valence-electron chi connectivity index (χ4n) is 4.18. The molecule has 0 spiro atoms. The van der Waals surface area contributed by atoms with E-state index in [1.807, 2.05) is 6.07 Å². The number of nitrogens with zero attached hydrogens (tertiary/aromatic N) is 3. The van der Waals surface area contributed by atoms with Crippen LogP contribution >= 0.6 is 24.0 Å². The van der Waals surface area contributed by atoms with Crippen molar-refractivity contribution in [3.63, 3.8) is 0 Å². The van der Waals surface area contributed by atoms with E-state index in [1.165, 1.54) is 12.1 Å². The molecule has 2 aliphatic rings. The number of hydrogen-bond donors (Lipinski definition) is 2. The number of hydrogen-bond acceptors (Lipinski definition) is 5. The first kappa shape index (κ1) is 26.0. The second-order valence-electron chi connectivity index (χ2n) is 8.37. The summed E-state index contributed by atoms with van der Waals surface area (Å²) >= 11 is 0. The fourth-order valence-corrected chi connectivity index (χ4v) is 4.18. The summed E-state index contributed by atoms with van der Waals surface area (Å²) in [5.41, 5.74) is 1.22. The van der Waals surface area contributed by atoms with E-state index in [0.717, 1.165) is 77.2 Å². The number of benzene rings is 1. The third-order valence-corrected chi connectivity index (χ3v) is 5.76. The lowest BCUT2D eigenvalue weighted by molar-refractivity contribution is 0.0323. The molecular formula is C23H40IN5O2. The number of morpholine rings is 1. The number of methoxy groups -OCH3 is 1. The molecule has 8 heteroatoms. The molecule has 2 N–H and O–H groups in total. The summed E-state index contributed by atoms with van der Waals surface area (Å²) in [4.78, 5) is 9.82. The summed E-state index contributed by atoms with van der Waals surface area (Å²) in [5.74, 6) is 2.37. The maximum atomic E-state index is 5.45. The highest BCUT2D eigenvalue weighted by Gasteiger charge is 2.21. The Labute approximate surface area is 205 Å². The molecule has 2 heterocycles. The molecule has 3 rings (SSSR count). The van der Waals surface area contributed by atoms with Gasteiger partial charge in [-0.2, -0.15) is 0 Å². The normalized spacial score (nSPS) is 21.2. The van der Waals surface area contributed by atoms with E-state index in [0.29, 0.717) is 12.0 Å². The standard InChI is InChI=1S/C23H39N5O2.HI/c1-4-24-23(25-16-19(2)17-27-11-13-30-14-12-27)26-20-7-6-10-28(18-20)21-8-5-9-22(15-21)29-3;/h5,8-9,15,19-20H,4,6-7,10-14,16-18H2,1-3H3,(H2,24,25,26);1H. The van der Waals surface area contributed by atoms with Crippen LogP contribution in [0.25, 0.3) is 0 Å². The zero-order valence-corrected chi connectivity index (χ0v) is 21.6. The minimum atomic E-state index is 0. The zero-order valence-electron chi connectivity index (χ0n) is 19.3. The van der Waals surface area contributed by atoms with Crippen molar-refractivity contribution in [3.05, 3.63) is 24.3 Å². The summed E-state index contributed by atoms with van der Waals surface area (Å²) in [7, 11) is 1.72.